The maximum absolute atomic E-state index is 6.68. The molecule has 69 heavy (non-hydrogen) atoms. The lowest BCUT2D eigenvalue weighted by Gasteiger charge is -2.45. The molecule has 2 heterocycles. The molecule has 0 N–H and O–H groups in total. The fourth-order valence-electron chi connectivity index (χ4n) is 11.1. The van der Waals surface area contributed by atoms with Gasteiger partial charge in [-0.1, -0.05) is 194 Å². The van der Waals surface area contributed by atoms with E-state index in [1.807, 2.05) is 43.3 Å². The van der Waals surface area contributed by atoms with Crippen molar-refractivity contribution < 1.29 is 4.42 Å². The molecule has 10 aromatic carbocycles. The quantitative estimate of drug-likeness (QED) is 0.118. The van der Waals surface area contributed by atoms with Crippen LogP contribution < -0.4 is 4.90 Å². The van der Waals surface area contributed by atoms with Crippen molar-refractivity contribution in [2.45, 2.75) is 18.9 Å². The van der Waals surface area contributed by atoms with E-state index in [0.29, 0.717) is 12.4 Å². The van der Waals surface area contributed by atoms with Gasteiger partial charge in [0, 0.05) is 27.7 Å². The molecule has 13 rings (SSSR count). The number of benzene rings is 10. The molecule has 0 atom stereocenters. The van der Waals surface area contributed by atoms with Crippen LogP contribution in [0.5, 0.6) is 0 Å². The van der Waals surface area contributed by atoms with E-state index in [-0.39, 0.29) is 0 Å². The van der Waals surface area contributed by atoms with Crippen molar-refractivity contribution in [3.8, 4) is 33.4 Å². The standard InChI is InChI=1S/C65H45N3O/c1-43(44-19-6-2-7-20-44)67-64(47-25-12-5-13-26-47)66-42-50-27-18-32-62-63(50)54-41-51(35-38-61(54)69-62)68-59-36-33-48(45-21-8-3-9-22-45)39-57(59)65(55-30-16-14-28-52(55)53-29-15-17-31-56(53)65)58-40-49(34-37-60(58)68)46-23-10-4-11-24-46/h2-41H,42H2,1H3. The van der Waals surface area contributed by atoms with Crippen molar-refractivity contribution in [2.75, 3.05) is 4.90 Å². The topological polar surface area (TPSA) is 41.1 Å². The van der Waals surface area contributed by atoms with Crippen LogP contribution in [0.2, 0.25) is 0 Å². The summed E-state index contributed by atoms with van der Waals surface area (Å²) in [5.74, 6) is 0.692. The summed E-state index contributed by atoms with van der Waals surface area (Å²) in [6.07, 6.45) is 0. The van der Waals surface area contributed by atoms with Gasteiger partial charge in [-0.25, -0.2) is 4.99 Å². The molecule has 1 aliphatic heterocycles. The lowest BCUT2D eigenvalue weighted by molar-refractivity contribution is 0.668. The highest BCUT2D eigenvalue weighted by Crippen LogP contribution is 2.64. The maximum atomic E-state index is 6.68. The van der Waals surface area contributed by atoms with Crippen LogP contribution in [-0.4, -0.2) is 11.5 Å². The Morgan fingerprint density at radius 2 is 0.986 bits per heavy atom. The van der Waals surface area contributed by atoms with Crippen LogP contribution in [0, 0.1) is 0 Å². The number of hydrogen-bond donors (Lipinski definition) is 0. The van der Waals surface area contributed by atoms with Crippen molar-refractivity contribution in [1.29, 1.82) is 0 Å². The zero-order chi connectivity index (χ0) is 45.9. The Balaban J connectivity index is 1.03. The molecule has 2 aliphatic rings. The molecule has 1 aliphatic carbocycles. The minimum atomic E-state index is -0.612. The number of hydrogen-bond acceptors (Lipinski definition) is 3. The summed E-state index contributed by atoms with van der Waals surface area (Å²) in [5.41, 5.74) is 20.7. The van der Waals surface area contributed by atoms with Gasteiger partial charge in [-0.05, 0) is 122 Å². The van der Waals surface area contributed by atoms with Gasteiger partial charge in [0.15, 0.2) is 5.84 Å². The number of nitrogens with zero attached hydrogens (tertiary/aromatic N) is 3. The van der Waals surface area contributed by atoms with Crippen LogP contribution in [0.4, 0.5) is 17.1 Å². The molecule has 4 heteroatoms. The average Bonchev–Trinajstić information content (AvgIpc) is 3.95. The van der Waals surface area contributed by atoms with E-state index in [0.717, 1.165) is 61.4 Å². The van der Waals surface area contributed by atoms with Crippen molar-refractivity contribution in [1.82, 2.24) is 0 Å². The van der Waals surface area contributed by atoms with Gasteiger partial charge in [-0.3, -0.25) is 4.99 Å². The highest BCUT2D eigenvalue weighted by atomic mass is 16.3. The minimum absolute atomic E-state index is 0.424. The number of aliphatic imine (C=N–C) groups is 2. The first-order valence-electron chi connectivity index (χ1n) is 23.7. The third kappa shape index (κ3) is 6.59. The zero-order valence-electron chi connectivity index (χ0n) is 38.1. The molecular formula is C65H45N3O. The number of amidine groups is 1. The normalized spacial score (nSPS) is 13.6. The molecular weight excluding hydrogens is 839 g/mol. The van der Waals surface area contributed by atoms with E-state index in [9.17, 15) is 0 Å². The summed E-state index contributed by atoms with van der Waals surface area (Å²) in [6, 6.07) is 87.4. The van der Waals surface area contributed by atoms with E-state index in [1.54, 1.807) is 0 Å². The van der Waals surface area contributed by atoms with Gasteiger partial charge in [-0.15, -0.1) is 0 Å². The Kier molecular flexibility index (Phi) is 9.65. The second-order valence-electron chi connectivity index (χ2n) is 18.0. The van der Waals surface area contributed by atoms with Gasteiger partial charge in [0.2, 0.25) is 0 Å². The maximum Gasteiger partial charge on any atom is 0.155 e. The van der Waals surface area contributed by atoms with E-state index in [1.165, 1.54) is 55.6 Å². The van der Waals surface area contributed by atoms with Gasteiger partial charge in [0.1, 0.15) is 11.2 Å². The van der Waals surface area contributed by atoms with Gasteiger partial charge < -0.3 is 9.32 Å². The Morgan fingerprint density at radius 3 is 1.58 bits per heavy atom. The van der Waals surface area contributed by atoms with Gasteiger partial charge in [-0.2, -0.15) is 0 Å². The van der Waals surface area contributed by atoms with Crippen LogP contribution in [0.25, 0.3) is 55.3 Å². The molecule has 0 bridgehead atoms. The summed E-state index contributed by atoms with van der Waals surface area (Å²) < 4.78 is 6.68. The van der Waals surface area contributed by atoms with Crippen LogP contribution in [0.3, 0.4) is 0 Å². The van der Waals surface area contributed by atoms with Crippen LogP contribution in [-0.2, 0) is 12.0 Å². The fourth-order valence-corrected chi connectivity index (χ4v) is 11.1. The van der Waals surface area contributed by atoms with Crippen molar-refractivity contribution >= 4 is 50.5 Å². The monoisotopic (exact) mass is 883 g/mol. The molecule has 1 aromatic heterocycles. The number of rotatable bonds is 7. The first kappa shape index (κ1) is 40.4. The van der Waals surface area contributed by atoms with Gasteiger partial charge in [0.05, 0.1) is 23.3 Å². The molecule has 0 saturated carbocycles. The third-order valence-electron chi connectivity index (χ3n) is 14.2. The number of fused-ring (bicyclic) bond motifs is 12. The van der Waals surface area contributed by atoms with Crippen LogP contribution in [0.1, 0.15) is 45.9 Å². The third-order valence-corrected chi connectivity index (χ3v) is 14.2. The van der Waals surface area contributed by atoms with Gasteiger partial charge in [0.25, 0.3) is 0 Å². The Morgan fingerprint density at radius 1 is 0.449 bits per heavy atom. The predicted octanol–water partition coefficient (Wildman–Crippen LogP) is 16.5. The fraction of sp³-hybridized carbons (Fsp3) is 0.0462. The molecule has 11 aromatic rings. The number of anilines is 3. The van der Waals surface area contributed by atoms with Crippen molar-refractivity contribution in [3.05, 3.63) is 282 Å². The largest absolute Gasteiger partial charge is 0.456 e. The molecule has 326 valence electrons. The van der Waals surface area contributed by atoms with Crippen LogP contribution >= 0.6 is 0 Å². The number of furan rings is 1. The molecule has 0 unspecified atom stereocenters. The van der Waals surface area contributed by atoms with Crippen molar-refractivity contribution in [3.63, 3.8) is 0 Å². The smallest absolute Gasteiger partial charge is 0.155 e. The summed E-state index contributed by atoms with van der Waals surface area (Å²) in [7, 11) is 0. The highest BCUT2D eigenvalue weighted by molar-refractivity contribution is 6.12. The Hall–Kier alpha value is -8.86. The van der Waals surface area contributed by atoms with E-state index >= 15 is 0 Å². The first-order valence-corrected chi connectivity index (χ1v) is 23.7. The van der Waals surface area contributed by atoms with E-state index < -0.39 is 5.41 Å². The summed E-state index contributed by atoms with van der Waals surface area (Å²) in [5, 5.41) is 2.10. The molecule has 0 fully saturated rings. The predicted molar refractivity (Wildman–Crippen MR) is 285 cm³/mol. The molecule has 0 amide bonds. The minimum Gasteiger partial charge on any atom is -0.456 e. The molecule has 0 saturated heterocycles. The Labute approximate surface area is 401 Å². The second-order valence-corrected chi connectivity index (χ2v) is 18.0. The van der Waals surface area contributed by atoms with Gasteiger partial charge >= 0.3 is 0 Å². The van der Waals surface area contributed by atoms with Crippen LogP contribution in [0.15, 0.2) is 257 Å². The SMILES string of the molecule is CC(=NC(=NCc1cccc2oc3ccc(N4c5ccc(-c6ccccc6)cc5C5(c6ccccc6-c6ccccc65)c5cc(-c6ccccc6)ccc54)cc3c12)c1ccccc1)c1ccccc1. The van der Waals surface area contributed by atoms with E-state index in [4.69, 9.17) is 14.4 Å². The lowest BCUT2D eigenvalue weighted by atomic mass is 9.64. The summed E-state index contributed by atoms with van der Waals surface area (Å²) in [6.45, 7) is 2.47. The molecule has 1 spiro atoms. The molecule has 0 radical (unpaired) electrons. The lowest BCUT2D eigenvalue weighted by Crippen LogP contribution is -2.36. The summed E-state index contributed by atoms with van der Waals surface area (Å²) >= 11 is 0. The second kappa shape index (κ2) is 16.5. The highest BCUT2D eigenvalue weighted by Gasteiger charge is 2.52. The summed E-state index contributed by atoms with van der Waals surface area (Å²) in [4.78, 5) is 12.9. The van der Waals surface area contributed by atoms with E-state index in [2.05, 4.69) is 211 Å². The van der Waals surface area contributed by atoms with Crippen molar-refractivity contribution in [2.24, 2.45) is 9.98 Å². The zero-order valence-corrected chi connectivity index (χ0v) is 38.1. The Bertz CT molecular complexity index is 3680. The molecule has 4 nitrogen and oxygen atoms in total. The first-order chi connectivity index (χ1) is 34.1. The average molecular weight is 884 g/mol.